The molecule has 1 aliphatic heterocycles. The zero-order valence-electron chi connectivity index (χ0n) is 12.2. The molecule has 1 aliphatic rings. The van der Waals surface area contributed by atoms with Gasteiger partial charge < -0.3 is 9.64 Å². The first-order chi connectivity index (χ1) is 9.74. The van der Waals surface area contributed by atoms with Crippen molar-refractivity contribution in [3.05, 3.63) is 23.8 Å². The third-order valence-corrected chi connectivity index (χ3v) is 5.06. The molecule has 1 aromatic carbocycles. The second-order valence-electron chi connectivity index (χ2n) is 5.45. The van der Waals surface area contributed by atoms with Gasteiger partial charge in [-0.25, -0.2) is 8.42 Å². The maximum atomic E-state index is 12.5. The normalized spacial score (nSPS) is 22.4. The SMILES string of the molecule is COc1ccc(C(=O)N2CC(C)CC2C)cc1S(=O)(=O)Cl. The van der Waals surface area contributed by atoms with E-state index in [0.717, 1.165) is 6.42 Å². The van der Waals surface area contributed by atoms with E-state index in [1.165, 1.54) is 19.2 Å². The van der Waals surface area contributed by atoms with E-state index in [4.69, 9.17) is 15.4 Å². The number of hydrogen-bond donors (Lipinski definition) is 0. The van der Waals surface area contributed by atoms with Crippen molar-refractivity contribution in [2.75, 3.05) is 13.7 Å². The second kappa shape index (κ2) is 5.85. The van der Waals surface area contributed by atoms with Crippen LogP contribution in [0.2, 0.25) is 0 Å². The van der Waals surface area contributed by atoms with E-state index in [0.29, 0.717) is 18.0 Å². The van der Waals surface area contributed by atoms with Gasteiger partial charge in [0.05, 0.1) is 7.11 Å². The van der Waals surface area contributed by atoms with E-state index in [2.05, 4.69) is 6.92 Å². The Labute approximate surface area is 129 Å². The molecule has 0 aromatic heterocycles. The van der Waals surface area contributed by atoms with Crippen LogP contribution >= 0.6 is 10.7 Å². The van der Waals surface area contributed by atoms with Crippen LogP contribution in [-0.4, -0.2) is 38.9 Å². The van der Waals surface area contributed by atoms with Gasteiger partial charge in [-0.2, -0.15) is 0 Å². The first-order valence-corrected chi connectivity index (χ1v) is 8.98. The number of methoxy groups -OCH3 is 1. The van der Waals surface area contributed by atoms with E-state index in [1.54, 1.807) is 11.0 Å². The molecule has 1 fully saturated rings. The predicted octanol–water partition coefficient (Wildman–Crippen LogP) is 2.49. The molecule has 0 spiro atoms. The number of nitrogens with zero attached hydrogens (tertiary/aromatic N) is 1. The fourth-order valence-electron chi connectivity index (χ4n) is 2.75. The molecule has 2 rings (SSSR count). The number of ether oxygens (including phenoxy) is 1. The van der Waals surface area contributed by atoms with Gasteiger partial charge in [0.15, 0.2) is 0 Å². The number of benzene rings is 1. The molecule has 7 heteroatoms. The predicted molar refractivity (Wildman–Crippen MR) is 80.3 cm³/mol. The third-order valence-electron chi connectivity index (χ3n) is 3.72. The molecule has 2 unspecified atom stereocenters. The standard InChI is InChI=1S/C14H18ClNO4S/c1-9-6-10(2)16(8-9)14(17)11-4-5-12(20-3)13(7-11)21(15,18)19/h4-5,7,9-10H,6,8H2,1-3H3. The highest BCUT2D eigenvalue weighted by atomic mass is 35.7. The summed E-state index contributed by atoms with van der Waals surface area (Å²) in [5.41, 5.74) is 0.302. The first kappa shape index (κ1) is 16.1. The molecule has 0 saturated carbocycles. The third kappa shape index (κ3) is 3.32. The minimum absolute atomic E-state index is 0.129. The van der Waals surface area contributed by atoms with Gasteiger partial charge in [0.1, 0.15) is 10.6 Å². The summed E-state index contributed by atoms with van der Waals surface area (Å²) in [7, 11) is 2.78. The molecule has 5 nitrogen and oxygen atoms in total. The van der Waals surface area contributed by atoms with Gasteiger partial charge >= 0.3 is 0 Å². The maximum absolute atomic E-state index is 12.5. The van der Waals surface area contributed by atoms with E-state index in [9.17, 15) is 13.2 Å². The number of carbonyl (C=O) groups is 1. The molecule has 0 aliphatic carbocycles. The molecule has 1 amide bonds. The lowest BCUT2D eigenvalue weighted by molar-refractivity contribution is 0.0743. The number of rotatable bonds is 3. The topological polar surface area (TPSA) is 63.7 Å². The molecule has 21 heavy (non-hydrogen) atoms. The molecular formula is C14H18ClNO4S. The van der Waals surface area contributed by atoms with Crippen molar-refractivity contribution in [1.29, 1.82) is 0 Å². The van der Waals surface area contributed by atoms with E-state index in [1.807, 2.05) is 6.92 Å². The van der Waals surface area contributed by atoms with Gasteiger partial charge in [0.2, 0.25) is 0 Å². The van der Waals surface area contributed by atoms with Crippen LogP contribution in [0.25, 0.3) is 0 Å². The van der Waals surface area contributed by atoms with Gasteiger partial charge in [-0.05, 0) is 37.5 Å². The summed E-state index contributed by atoms with van der Waals surface area (Å²) in [6.45, 7) is 4.76. The van der Waals surface area contributed by atoms with Crippen LogP contribution in [0.4, 0.5) is 0 Å². The zero-order chi connectivity index (χ0) is 15.8. The summed E-state index contributed by atoms with van der Waals surface area (Å²) in [6, 6.07) is 4.43. The number of amides is 1. The molecule has 2 atom stereocenters. The minimum atomic E-state index is -3.97. The van der Waals surface area contributed by atoms with Crippen molar-refractivity contribution >= 4 is 25.6 Å². The molecule has 0 N–H and O–H groups in total. The van der Waals surface area contributed by atoms with Gasteiger partial charge in [0.25, 0.3) is 15.0 Å². The summed E-state index contributed by atoms with van der Waals surface area (Å²) in [4.78, 5) is 14.1. The van der Waals surface area contributed by atoms with Gasteiger partial charge in [0, 0.05) is 28.8 Å². The van der Waals surface area contributed by atoms with Crippen LogP contribution < -0.4 is 4.74 Å². The summed E-state index contributed by atoms with van der Waals surface area (Å²) in [5.74, 6) is 0.388. The van der Waals surface area contributed by atoms with Crippen molar-refractivity contribution in [3.8, 4) is 5.75 Å². The van der Waals surface area contributed by atoms with Crippen molar-refractivity contribution < 1.29 is 17.9 Å². The Morgan fingerprint density at radius 3 is 2.52 bits per heavy atom. The molecule has 116 valence electrons. The van der Waals surface area contributed by atoms with Crippen LogP contribution in [0.1, 0.15) is 30.6 Å². The number of hydrogen-bond acceptors (Lipinski definition) is 4. The second-order valence-corrected chi connectivity index (χ2v) is 7.99. The summed E-state index contributed by atoms with van der Waals surface area (Å²) in [6.07, 6.45) is 0.947. The van der Waals surface area contributed by atoms with E-state index >= 15 is 0 Å². The van der Waals surface area contributed by atoms with Crippen molar-refractivity contribution in [2.24, 2.45) is 5.92 Å². The van der Waals surface area contributed by atoms with Crippen molar-refractivity contribution in [2.45, 2.75) is 31.2 Å². The van der Waals surface area contributed by atoms with Crippen molar-refractivity contribution in [3.63, 3.8) is 0 Å². The lowest BCUT2D eigenvalue weighted by Crippen LogP contribution is -2.34. The van der Waals surface area contributed by atoms with E-state index < -0.39 is 9.05 Å². The van der Waals surface area contributed by atoms with Crippen molar-refractivity contribution in [1.82, 2.24) is 4.90 Å². The fourth-order valence-corrected chi connectivity index (χ4v) is 3.77. The minimum Gasteiger partial charge on any atom is -0.495 e. The highest BCUT2D eigenvalue weighted by molar-refractivity contribution is 8.13. The Balaban J connectivity index is 2.39. The Morgan fingerprint density at radius 2 is 2.05 bits per heavy atom. The average Bonchev–Trinajstić information content (AvgIpc) is 2.75. The average molecular weight is 332 g/mol. The quantitative estimate of drug-likeness (QED) is 0.798. The van der Waals surface area contributed by atoms with Gasteiger partial charge in [-0.1, -0.05) is 6.92 Å². The number of carbonyl (C=O) groups excluding carboxylic acids is 1. The van der Waals surface area contributed by atoms with Crippen LogP contribution in [0.5, 0.6) is 5.75 Å². The van der Waals surface area contributed by atoms with Crippen LogP contribution in [0.3, 0.4) is 0 Å². The largest absolute Gasteiger partial charge is 0.495 e. The monoisotopic (exact) mass is 331 g/mol. The Hall–Kier alpha value is -1.27. The molecule has 0 bridgehead atoms. The molecule has 1 saturated heterocycles. The van der Waals surface area contributed by atoms with Crippen LogP contribution in [-0.2, 0) is 9.05 Å². The number of halogens is 1. The molecule has 1 aromatic rings. The van der Waals surface area contributed by atoms with E-state index in [-0.39, 0.29) is 22.6 Å². The maximum Gasteiger partial charge on any atom is 0.265 e. The first-order valence-electron chi connectivity index (χ1n) is 6.67. The Morgan fingerprint density at radius 1 is 1.38 bits per heavy atom. The van der Waals surface area contributed by atoms with Gasteiger partial charge in [-0.3, -0.25) is 4.79 Å². The molecule has 0 radical (unpaired) electrons. The highest BCUT2D eigenvalue weighted by Crippen LogP contribution is 2.30. The fraction of sp³-hybridized carbons (Fsp3) is 0.500. The summed E-state index contributed by atoms with van der Waals surface area (Å²) >= 11 is 0. The summed E-state index contributed by atoms with van der Waals surface area (Å²) in [5, 5.41) is 0. The highest BCUT2D eigenvalue weighted by Gasteiger charge is 2.31. The molecule has 1 heterocycles. The Bertz CT molecular complexity index is 659. The lowest BCUT2D eigenvalue weighted by atomic mass is 10.1. The lowest BCUT2D eigenvalue weighted by Gasteiger charge is -2.22. The number of likely N-dealkylation sites (tertiary alicyclic amines) is 1. The van der Waals surface area contributed by atoms with Gasteiger partial charge in [-0.15, -0.1) is 0 Å². The Kier molecular flexibility index (Phi) is 4.49. The smallest absolute Gasteiger partial charge is 0.265 e. The van der Waals surface area contributed by atoms with Crippen LogP contribution in [0, 0.1) is 5.92 Å². The molecular weight excluding hydrogens is 314 g/mol. The summed E-state index contributed by atoms with van der Waals surface area (Å²) < 4.78 is 28.2. The zero-order valence-corrected chi connectivity index (χ0v) is 13.7. The van der Waals surface area contributed by atoms with Crippen LogP contribution in [0.15, 0.2) is 23.1 Å².